The van der Waals surface area contributed by atoms with E-state index in [4.69, 9.17) is 4.74 Å². The van der Waals surface area contributed by atoms with Gasteiger partial charge < -0.3 is 4.74 Å². The molecule has 0 aromatic rings. The van der Waals surface area contributed by atoms with Crippen LogP contribution >= 0.6 is 15.9 Å². The van der Waals surface area contributed by atoms with Crippen LogP contribution in [0.15, 0.2) is 0 Å². The van der Waals surface area contributed by atoms with Crippen molar-refractivity contribution in [1.82, 2.24) is 0 Å². The van der Waals surface area contributed by atoms with E-state index in [0.717, 1.165) is 31.0 Å². The van der Waals surface area contributed by atoms with E-state index >= 15 is 0 Å². The van der Waals surface area contributed by atoms with Crippen molar-refractivity contribution in [3.8, 4) is 0 Å². The number of carbonyl (C=O) groups is 1. The van der Waals surface area contributed by atoms with Gasteiger partial charge in [-0.2, -0.15) is 0 Å². The highest BCUT2D eigenvalue weighted by Crippen LogP contribution is 2.19. The third-order valence-corrected chi connectivity index (χ3v) is 6.18. The first-order chi connectivity index (χ1) is 12.8. The molecule has 0 amide bonds. The highest BCUT2D eigenvalue weighted by atomic mass is 79.9. The van der Waals surface area contributed by atoms with Crippen LogP contribution in [-0.2, 0) is 9.53 Å². The summed E-state index contributed by atoms with van der Waals surface area (Å²) in [6.45, 7) is 0. The first-order valence-electron chi connectivity index (χ1n) is 11.6. The quantitative estimate of drug-likeness (QED) is 0.220. The van der Waals surface area contributed by atoms with Crippen molar-refractivity contribution in [2.45, 2.75) is 135 Å². The molecule has 3 heteroatoms. The molecule has 1 aliphatic rings. The predicted octanol–water partition coefficient (Wildman–Crippen LogP) is 8.11. The number of ether oxygens (including phenoxy) is 1. The predicted molar refractivity (Wildman–Crippen MR) is 116 cm³/mol. The second-order valence-corrected chi connectivity index (χ2v) is 8.93. The average Bonchev–Trinajstić information content (AvgIpc) is 2.65. The molecule has 0 heterocycles. The zero-order valence-electron chi connectivity index (χ0n) is 17.1. The van der Waals surface area contributed by atoms with Crippen LogP contribution in [0.2, 0.25) is 0 Å². The molecule has 0 unspecified atom stereocenters. The Labute approximate surface area is 171 Å². The number of carbonyl (C=O) groups excluding carboxylic acids is 1. The summed E-state index contributed by atoms with van der Waals surface area (Å²) in [5, 5.41) is 1.09. The lowest BCUT2D eigenvalue weighted by Crippen LogP contribution is -2.18. The molecule has 154 valence electrons. The molecule has 1 aliphatic carbocycles. The highest BCUT2D eigenvalue weighted by Gasteiger charge is 2.14. The van der Waals surface area contributed by atoms with Crippen molar-refractivity contribution in [1.29, 1.82) is 0 Å². The van der Waals surface area contributed by atoms with Crippen LogP contribution < -0.4 is 0 Å². The molecule has 0 bridgehead atoms. The molecular weight excluding hydrogens is 388 g/mol. The molecular formula is C23H43BrO2. The molecule has 0 aromatic heterocycles. The van der Waals surface area contributed by atoms with Crippen molar-refractivity contribution in [3.05, 3.63) is 0 Å². The van der Waals surface area contributed by atoms with Crippen LogP contribution in [0.3, 0.4) is 0 Å². The molecule has 0 radical (unpaired) electrons. The molecule has 0 aromatic carbocycles. The zero-order chi connectivity index (χ0) is 18.7. The minimum absolute atomic E-state index is 0.0495. The zero-order valence-corrected chi connectivity index (χ0v) is 18.7. The van der Waals surface area contributed by atoms with Crippen molar-refractivity contribution in [2.75, 3.05) is 5.33 Å². The Morgan fingerprint density at radius 2 is 1.08 bits per heavy atom. The monoisotopic (exact) mass is 430 g/mol. The Hall–Kier alpha value is -0.0500. The van der Waals surface area contributed by atoms with Crippen molar-refractivity contribution in [2.24, 2.45) is 0 Å². The summed E-state index contributed by atoms with van der Waals surface area (Å²) < 4.78 is 5.86. The molecule has 0 N–H and O–H groups in total. The van der Waals surface area contributed by atoms with E-state index < -0.39 is 0 Å². The number of unbranched alkanes of at least 4 members (excludes halogenated alkanes) is 4. The number of alkyl halides is 1. The van der Waals surface area contributed by atoms with Gasteiger partial charge in [0.25, 0.3) is 0 Å². The van der Waals surface area contributed by atoms with E-state index in [1.54, 1.807) is 0 Å². The maximum atomic E-state index is 12.2. The SMILES string of the molecule is O=C(CCCCCCCBr)OC1CCCCCCCCCCCCCC1. The van der Waals surface area contributed by atoms with Crippen molar-refractivity contribution in [3.63, 3.8) is 0 Å². The van der Waals surface area contributed by atoms with Gasteiger partial charge in [0.05, 0.1) is 0 Å². The number of hydrogen-bond donors (Lipinski definition) is 0. The van der Waals surface area contributed by atoms with Gasteiger partial charge in [-0.1, -0.05) is 99.4 Å². The lowest BCUT2D eigenvalue weighted by Gasteiger charge is -2.18. The van der Waals surface area contributed by atoms with Gasteiger partial charge in [0.1, 0.15) is 6.10 Å². The van der Waals surface area contributed by atoms with Gasteiger partial charge in [0.2, 0.25) is 0 Å². The normalized spacial score (nSPS) is 19.4. The first kappa shape index (κ1) is 24.0. The highest BCUT2D eigenvalue weighted by molar-refractivity contribution is 9.09. The molecule has 0 atom stereocenters. The van der Waals surface area contributed by atoms with Crippen LogP contribution in [0.4, 0.5) is 0 Å². The van der Waals surface area contributed by atoms with Crippen molar-refractivity contribution < 1.29 is 9.53 Å². The van der Waals surface area contributed by atoms with Gasteiger partial charge in [0.15, 0.2) is 0 Å². The molecule has 0 spiro atoms. The smallest absolute Gasteiger partial charge is 0.306 e. The third-order valence-electron chi connectivity index (χ3n) is 5.61. The lowest BCUT2D eigenvalue weighted by molar-refractivity contribution is -0.150. The Balaban J connectivity index is 2.22. The van der Waals surface area contributed by atoms with E-state index in [9.17, 15) is 4.79 Å². The van der Waals surface area contributed by atoms with E-state index in [2.05, 4.69) is 15.9 Å². The maximum absolute atomic E-state index is 12.2. The van der Waals surface area contributed by atoms with Crippen molar-refractivity contribution >= 4 is 21.9 Å². The Morgan fingerprint density at radius 1 is 0.654 bits per heavy atom. The molecule has 2 nitrogen and oxygen atoms in total. The van der Waals surface area contributed by atoms with E-state index in [0.29, 0.717) is 6.42 Å². The fourth-order valence-corrected chi connectivity index (χ4v) is 4.31. The summed E-state index contributed by atoms with van der Waals surface area (Å²) in [4.78, 5) is 12.2. The minimum Gasteiger partial charge on any atom is -0.462 e. The summed E-state index contributed by atoms with van der Waals surface area (Å²) in [6.07, 6.45) is 25.1. The Kier molecular flexibility index (Phi) is 16.9. The van der Waals surface area contributed by atoms with Gasteiger partial charge in [-0.3, -0.25) is 4.79 Å². The van der Waals surface area contributed by atoms with E-state index in [1.807, 2.05) is 0 Å². The summed E-state index contributed by atoms with van der Waals surface area (Å²) >= 11 is 3.47. The lowest BCUT2D eigenvalue weighted by atomic mass is 10.0. The summed E-state index contributed by atoms with van der Waals surface area (Å²) in [5.41, 5.74) is 0. The fourth-order valence-electron chi connectivity index (χ4n) is 3.91. The van der Waals surface area contributed by atoms with Crippen LogP contribution in [0, 0.1) is 0 Å². The van der Waals surface area contributed by atoms with Gasteiger partial charge in [-0.25, -0.2) is 0 Å². The topological polar surface area (TPSA) is 26.3 Å². The van der Waals surface area contributed by atoms with Crippen LogP contribution in [-0.4, -0.2) is 17.4 Å². The van der Waals surface area contributed by atoms with Gasteiger partial charge >= 0.3 is 5.97 Å². The summed E-state index contributed by atoms with van der Waals surface area (Å²) in [5.74, 6) is 0.0495. The summed E-state index contributed by atoms with van der Waals surface area (Å²) in [6, 6.07) is 0. The third kappa shape index (κ3) is 15.1. The van der Waals surface area contributed by atoms with Crippen LogP contribution in [0.25, 0.3) is 0 Å². The largest absolute Gasteiger partial charge is 0.462 e. The molecule has 1 rings (SSSR count). The first-order valence-corrected chi connectivity index (χ1v) is 12.7. The van der Waals surface area contributed by atoms with E-state index in [1.165, 1.54) is 96.3 Å². The Bertz CT molecular complexity index is 303. The molecule has 1 fully saturated rings. The number of hydrogen-bond acceptors (Lipinski definition) is 2. The average molecular weight is 431 g/mol. The standard InChI is InChI=1S/C23H43BrO2/c24-21-17-13-9-12-16-20-23(25)26-22-18-14-10-7-5-3-1-2-4-6-8-11-15-19-22/h22H,1-21H2. The Morgan fingerprint density at radius 3 is 1.58 bits per heavy atom. The van der Waals surface area contributed by atoms with Crippen LogP contribution in [0.5, 0.6) is 0 Å². The number of esters is 1. The second-order valence-electron chi connectivity index (χ2n) is 8.14. The fraction of sp³-hybridized carbons (Fsp3) is 0.957. The van der Waals surface area contributed by atoms with Gasteiger partial charge in [0, 0.05) is 11.8 Å². The van der Waals surface area contributed by atoms with E-state index in [-0.39, 0.29) is 12.1 Å². The number of rotatable bonds is 8. The van der Waals surface area contributed by atoms with Gasteiger partial charge in [-0.05, 0) is 38.5 Å². The molecule has 1 saturated carbocycles. The molecule has 26 heavy (non-hydrogen) atoms. The molecule has 0 saturated heterocycles. The van der Waals surface area contributed by atoms with Crippen LogP contribution in [0.1, 0.15) is 128 Å². The number of halogens is 1. The molecule has 0 aliphatic heterocycles. The summed E-state index contributed by atoms with van der Waals surface area (Å²) in [7, 11) is 0. The minimum atomic E-state index is 0.0495. The maximum Gasteiger partial charge on any atom is 0.306 e. The van der Waals surface area contributed by atoms with Gasteiger partial charge in [-0.15, -0.1) is 0 Å². The second kappa shape index (κ2) is 18.3.